The van der Waals surface area contributed by atoms with E-state index in [2.05, 4.69) is 106 Å². The van der Waals surface area contributed by atoms with Gasteiger partial charge in [-0.2, -0.15) is 0 Å². The predicted molar refractivity (Wildman–Crippen MR) is 297 cm³/mol. The van der Waals surface area contributed by atoms with E-state index in [1.54, 1.807) is 0 Å². The topological polar surface area (TPSA) is 78.9 Å². The SMILES string of the molecule is CC/C=C\C/C=C\C/C=C\CCCCCCC(=O)OCC(COC(=O)CCCCCCCCC/C=C\CCCCCCCCCC)OC(=O)CCCCCCC\C=C/C=C\C=C/C=C\C=C/CCC. The fourth-order valence-corrected chi connectivity index (χ4v) is 7.60. The maximum absolute atomic E-state index is 12.9. The molecule has 69 heavy (non-hydrogen) atoms. The van der Waals surface area contributed by atoms with Crippen LogP contribution in [-0.2, 0) is 28.6 Å². The lowest BCUT2D eigenvalue weighted by Crippen LogP contribution is -2.30. The summed E-state index contributed by atoms with van der Waals surface area (Å²) in [5.41, 5.74) is 0. The van der Waals surface area contributed by atoms with Crippen molar-refractivity contribution in [2.75, 3.05) is 13.2 Å². The number of rotatable bonds is 50. The number of ether oxygens (including phenoxy) is 3. The standard InChI is InChI=1S/C63H104O6/c1-4-7-10-13-16-19-22-25-28-30-32-34-35-38-41-44-47-50-53-56-62(65)68-59-60(58-67-61(64)55-52-49-46-43-40-37-27-24-21-18-15-12-9-6-3)69-63(66)57-54-51-48-45-42-39-36-33-31-29-26-23-20-17-14-11-8-5-2/h9,11-12,14,17-18,20-21,23,26-27,29-33,36-37,60H,4-8,10,13,15-16,19,22,24-25,28,34-35,38-59H2,1-3H3/b12-9-,14-11-,20-17-,21-18-,26-23-,31-29-,32-30-,36-33-,37-27-. The summed E-state index contributed by atoms with van der Waals surface area (Å²) >= 11 is 0. The van der Waals surface area contributed by atoms with Crippen molar-refractivity contribution in [1.82, 2.24) is 0 Å². The van der Waals surface area contributed by atoms with Crippen molar-refractivity contribution in [3.05, 3.63) is 109 Å². The van der Waals surface area contributed by atoms with Gasteiger partial charge in [-0.3, -0.25) is 14.4 Å². The summed E-state index contributed by atoms with van der Waals surface area (Å²) in [7, 11) is 0. The number of unbranched alkanes of at least 4 members (excludes halogenated alkanes) is 25. The molecule has 0 bridgehead atoms. The Kier molecular flexibility index (Phi) is 53.4. The zero-order chi connectivity index (χ0) is 50.0. The van der Waals surface area contributed by atoms with Crippen molar-refractivity contribution in [3.63, 3.8) is 0 Å². The molecule has 1 unspecified atom stereocenters. The molecule has 0 aliphatic heterocycles. The minimum atomic E-state index is -0.805. The van der Waals surface area contributed by atoms with Crippen molar-refractivity contribution < 1.29 is 28.6 Å². The van der Waals surface area contributed by atoms with Crippen LogP contribution in [0.15, 0.2) is 109 Å². The molecular weight excluding hydrogens is 853 g/mol. The number of hydrogen-bond donors (Lipinski definition) is 0. The summed E-state index contributed by atoms with van der Waals surface area (Å²) in [5.74, 6) is -0.952. The summed E-state index contributed by atoms with van der Waals surface area (Å²) < 4.78 is 16.8. The maximum atomic E-state index is 12.9. The lowest BCUT2D eigenvalue weighted by molar-refractivity contribution is -0.167. The van der Waals surface area contributed by atoms with Crippen LogP contribution in [0, 0.1) is 0 Å². The summed E-state index contributed by atoms with van der Waals surface area (Å²) in [6, 6.07) is 0. The molecule has 0 saturated carbocycles. The Morgan fingerprint density at radius 2 is 0.652 bits per heavy atom. The van der Waals surface area contributed by atoms with Crippen molar-refractivity contribution in [1.29, 1.82) is 0 Å². The molecule has 6 heteroatoms. The van der Waals surface area contributed by atoms with Crippen LogP contribution in [0.25, 0.3) is 0 Å². The average molecular weight is 958 g/mol. The highest BCUT2D eigenvalue weighted by molar-refractivity contribution is 5.71. The second-order valence-corrected chi connectivity index (χ2v) is 18.6. The largest absolute Gasteiger partial charge is 0.462 e. The highest BCUT2D eigenvalue weighted by Gasteiger charge is 2.19. The number of allylic oxidation sites excluding steroid dienone is 18. The van der Waals surface area contributed by atoms with Gasteiger partial charge in [0, 0.05) is 19.3 Å². The lowest BCUT2D eigenvalue weighted by atomic mass is 10.1. The monoisotopic (exact) mass is 957 g/mol. The summed E-state index contributed by atoms with van der Waals surface area (Å²) in [4.78, 5) is 38.1. The van der Waals surface area contributed by atoms with Gasteiger partial charge in [-0.15, -0.1) is 0 Å². The fourth-order valence-electron chi connectivity index (χ4n) is 7.60. The quantitative estimate of drug-likeness (QED) is 0.0199. The third kappa shape index (κ3) is 54.9. The van der Waals surface area contributed by atoms with Gasteiger partial charge in [0.15, 0.2) is 6.10 Å². The average Bonchev–Trinajstić information content (AvgIpc) is 3.35. The lowest BCUT2D eigenvalue weighted by Gasteiger charge is -2.18. The van der Waals surface area contributed by atoms with Crippen LogP contribution in [0.3, 0.4) is 0 Å². The zero-order valence-electron chi connectivity index (χ0n) is 44.8. The van der Waals surface area contributed by atoms with Crippen molar-refractivity contribution in [2.45, 2.75) is 258 Å². The molecule has 0 spiro atoms. The van der Waals surface area contributed by atoms with E-state index in [4.69, 9.17) is 14.2 Å². The first-order valence-corrected chi connectivity index (χ1v) is 28.5. The van der Waals surface area contributed by atoms with E-state index < -0.39 is 6.10 Å². The Labute approximate surface area is 425 Å². The Morgan fingerprint density at radius 1 is 0.319 bits per heavy atom. The molecule has 0 fully saturated rings. The summed E-state index contributed by atoms with van der Waals surface area (Å²) in [5, 5.41) is 0. The number of esters is 3. The molecule has 0 rings (SSSR count). The van der Waals surface area contributed by atoms with Gasteiger partial charge < -0.3 is 14.2 Å². The Morgan fingerprint density at radius 3 is 1.09 bits per heavy atom. The third-order valence-corrected chi connectivity index (χ3v) is 11.8. The van der Waals surface area contributed by atoms with Crippen molar-refractivity contribution in [3.8, 4) is 0 Å². The van der Waals surface area contributed by atoms with Gasteiger partial charge in [0.2, 0.25) is 0 Å². The van der Waals surface area contributed by atoms with E-state index in [0.717, 1.165) is 116 Å². The molecule has 0 aliphatic carbocycles. The fraction of sp³-hybridized carbons (Fsp3) is 0.667. The normalized spacial score (nSPS) is 12.9. The van der Waals surface area contributed by atoms with Gasteiger partial charge in [-0.25, -0.2) is 0 Å². The van der Waals surface area contributed by atoms with Crippen LogP contribution in [-0.4, -0.2) is 37.2 Å². The maximum Gasteiger partial charge on any atom is 0.306 e. The Balaban J connectivity index is 4.47. The predicted octanol–water partition coefficient (Wildman–Crippen LogP) is 19.1. The van der Waals surface area contributed by atoms with Crippen LogP contribution >= 0.6 is 0 Å². The zero-order valence-corrected chi connectivity index (χ0v) is 44.8. The third-order valence-electron chi connectivity index (χ3n) is 11.8. The van der Waals surface area contributed by atoms with E-state index in [1.807, 2.05) is 24.3 Å². The second-order valence-electron chi connectivity index (χ2n) is 18.6. The molecule has 0 radical (unpaired) electrons. The number of hydrogen-bond acceptors (Lipinski definition) is 6. The van der Waals surface area contributed by atoms with E-state index in [-0.39, 0.29) is 31.1 Å². The van der Waals surface area contributed by atoms with Gasteiger partial charge in [-0.05, 0) is 96.3 Å². The molecule has 0 aliphatic rings. The minimum absolute atomic E-state index is 0.0998. The van der Waals surface area contributed by atoms with Crippen molar-refractivity contribution in [2.24, 2.45) is 0 Å². The first-order chi connectivity index (χ1) is 34.0. The van der Waals surface area contributed by atoms with Crippen LogP contribution in [0.5, 0.6) is 0 Å². The number of carbonyl (C=O) groups excluding carboxylic acids is 3. The molecule has 392 valence electrons. The molecular formula is C63H104O6. The molecule has 0 saturated heterocycles. The van der Waals surface area contributed by atoms with Crippen molar-refractivity contribution >= 4 is 17.9 Å². The molecule has 1 atom stereocenters. The van der Waals surface area contributed by atoms with Gasteiger partial charge in [-0.1, -0.05) is 246 Å². The van der Waals surface area contributed by atoms with E-state index in [0.29, 0.717) is 19.3 Å². The van der Waals surface area contributed by atoms with E-state index in [9.17, 15) is 14.4 Å². The van der Waals surface area contributed by atoms with Gasteiger partial charge in [0.25, 0.3) is 0 Å². The number of carbonyl (C=O) groups is 3. The first kappa shape index (κ1) is 65.1. The highest BCUT2D eigenvalue weighted by Crippen LogP contribution is 2.14. The molecule has 0 aromatic carbocycles. The van der Waals surface area contributed by atoms with Crippen LogP contribution in [0.1, 0.15) is 252 Å². The first-order valence-electron chi connectivity index (χ1n) is 28.5. The van der Waals surface area contributed by atoms with Gasteiger partial charge >= 0.3 is 17.9 Å². The van der Waals surface area contributed by atoms with Gasteiger partial charge in [0.05, 0.1) is 0 Å². The molecule has 6 nitrogen and oxygen atoms in total. The smallest absolute Gasteiger partial charge is 0.306 e. The van der Waals surface area contributed by atoms with E-state index >= 15 is 0 Å². The molecule has 0 heterocycles. The Bertz CT molecular complexity index is 1420. The minimum Gasteiger partial charge on any atom is -0.462 e. The van der Waals surface area contributed by atoms with E-state index in [1.165, 1.54) is 96.3 Å². The van der Waals surface area contributed by atoms with Gasteiger partial charge in [0.1, 0.15) is 13.2 Å². The van der Waals surface area contributed by atoms with Crippen LogP contribution in [0.4, 0.5) is 0 Å². The van der Waals surface area contributed by atoms with Crippen LogP contribution < -0.4 is 0 Å². The summed E-state index contributed by atoms with van der Waals surface area (Å²) in [6.07, 6.45) is 76.4. The molecule has 0 N–H and O–H groups in total. The highest BCUT2D eigenvalue weighted by atomic mass is 16.6. The molecule has 0 aromatic rings. The molecule has 0 aromatic heterocycles. The molecule has 0 amide bonds. The summed E-state index contributed by atoms with van der Waals surface area (Å²) in [6.45, 7) is 6.40. The second kappa shape index (κ2) is 56.7. The van der Waals surface area contributed by atoms with Crippen LogP contribution in [0.2, 0.25) is 0 Å². The Hall–Kier alpha value is -3.93.